The molecule has 1 aromatic carbocycles. The summed E-state index contributed by atoms with van der Waals surface area (Å²) in [6, 6.07) is 10.4. The number of carbonyl (C=O) groups is 1. The molecule has 0 saturated heterocycles. The molecule has 2 N–H and O–H groups in total. The molecular formula is C20H23N2O5+. The topological polar surface area (TPSA) is 86.1 Å². The number of quaternary nitrogens is 1. The standard InChI is InChI=1S/C20H22N2O5/c1-13-9-20(24)27-18-10-14(6-7-15(13)18)26-12-19(23)21-11-16(22(2)3)17-5-4-8-25-17/h4-10,16H,11-12H2,1-3H3,(H,21,23)/p+1/t16-/m0/s1. The Kier molecular flexibility index (Phi) is 5.61. The zero-order chi connectivity index (χ0) is 19.4. The largest absolute Gasteiger partial charge is 0.484 e. The van der Waals surface area contributed by atoms with Gasteiger partial charge in [-0.3, -0.25) is 4.79 Å². The van der Waals surface area contributed by atoms with Crippen LogP contribution in [0.1, 0.15) is 17.4 Å². The normalized spacial score (nSPS) is 12.3. The molecule has 0 aliphatic rings. The maximum Gasteiger partial charge on any atom is 0.336 e. The van der Waals surface area contributed by atoms with Crippen molar-refractivity contribution in [3.63, 3.8) is 0 Å². The summed E-state index contributed by atoms with van der Waals surface area (Å²) in [5.41, 5.74) is 0.859. The van der Waals surface area contributed by atoms with Crippen molar-refractivity contribution in [2.24, 2.45) is 0 Å². The van der Waals surface area contributed by atoms with Crippen LogP contribution in [-0.4, -0.2) is 33.2 Å². The van der Waals surface area contributed by atoms with E-state index in [1.54, 1.807) is 18.4 Å². The van der Waals surface area contributed by atoms with E-state index in [4.69, 9.17) is 13.6 Å². The summed E-state index contributed by atoms with van der Waals surface area (Å²) < 4.78 is 16.2. The second-order valence-electron chi connectivity index (χ2n) is 6.64. The van der Waals surface area contributed by atoms with Crippen LogP contribution in [-0.2, 0) is 4.79 Å². The molecule has 1 amide bonds. The summed E-state index contributed by atoms with van der Waals surface area (Å²) in [6.07, 6.45) is 1.62. The summed E-state index contributed by atoms with van der Waals surface area (Å²) >= 11 is 0. The minimum Gasteiger partial charge on any atom is -0.484 e. The molecule has 1 atom stereocenters. The third kappa shape index (κ3) is 4.57. The van der Waals surface area contributed by atoms with E-state index in [2.05, 4.69) is 5.32 Å². The Balaban J connectivity index is 1.59. The predicted octanol–water partition coefficient (Wildman–Crippen LogP) is 1.08. The van der Waals surface area contributed by atoms with Crippen LogP contribution in [0.5, 0.6) is 5.75 Å². The second-order valence-corrected chi connectivity index (χ2v) is 6.64. The Morgan fingerprint density at radius 3 is 2.78 bits per heavy atom. The first-order valence-corrected chi connectivity index (χ1v) is 8.71. The van der Waals surface area contributed by atoms with E-state index in [1.807, 2.05) is 39.2 Å². The van der Waals surface area contributed by atoms with Crippen LogP contribution in [0, 0.1) is 6.92 Å². The third-order valence-electron chi connectivity index (χ3n) is 4.38. The number of fused-ring (bicyclic) bond motifs is 1. The number of benzene rings is 1. The monoisotopic (exact) mass is 371 g/mol. The van der Waals surface area contributed by atoms with Gasteiger partial charge in [0, 0.05) is 17.5 Å². The van der Waals surface area contributed by atoms with Gasteiger partial charge < -0.3 is 23.8 Å². The van der Waals surface area contributed by atoms with Gasteiger partial charge in [0.05, 0.1) is 26.9 Å². The molecule has 0 aliphatic heterocycles. The van der Waals surface area contributed by atoms with Gasteiger partial charge in [0.25, 0.3) is 5.91 Å². The Hall–Kier alpha value is -3.06. The van der Waals surface area contributed by atoms with Crippen LogP contribution >= 0.6 is 0 Å². The fourth-order valence-electron chi connectivity index (χ4n) is 2.89. The zero-order valence-electron chi connectivity index (χ0n) is 15.6. The molecule has 0 saturated carbocycles. The van der Waals surface area contributed by atoms with E-state index in [1.165, 1.54) is 6.07 Å². The van der Waals surface area contributed by atoms with Crippen molar-refractivity contribution in [1.82, 2.24) is 5.32 Å². The van der Waals surface area contributed by atoms with Gasteiger partial charge in [-0.05, 0) is 36.8 Å². The van der Waals surface area contributed by atoms with Crippen molar-refractivity contribution in [2.75, 3.05) is 27.2 Å². The molecule has 7 nitrogen and oxygen atoms in total. The van der Waals surface area contributed by atoms with Gasteiger partial charge in [0.2, 0.25) is 0 Å². The Morgan fingerprint density at radius 1 is 1.26 bits per heavy atom. The van der Waals surface area contributed by atoms with Crippen molar-refractivity contribution >= 4 is 16.9 Å². The number of furan rings is 1. The summed E-state index contributed by atoms with van der Waals surface area (Å²) in [6.45, 7) is 2.15. The SMILES string of the molecule is Cc1cc(=O)oc2cc(OCC(=O)NC[C@@H](c3ccco3)[NH+](C)C)ccc12. The Morgan fingerprint density at radius 2 is 2.07 bits per heavy atom. The minimum absolute atomic E-state index is 0.0156. The van der Waals surface area contributed by atoms with Crippen molar-refractivity contribution in [3.05, 3.63) is 64.4 Å². The molecule has 2 heterocycles. The second kappa shape index (κ2) is 8.09. The predicted molar refractivity (Wildman–Crippen MR) is 100.0 cm³/mol. The van der Waals surface area contributed by atoms with Crippen LogP contribution in [0.3, 0.4) is 0 Å². The Bertz CT molecular complexity index is 976. The number of likely N-dealkylation sites (N-methyl/N-ethyl adjacent to an activating group) is 1. The number of carbonyl (C=O) groups excluding carboxylic acids is 1. The first-order valence-electron chi connectivity index (χ1n) is 8.71. The van der Waals surface area contributed by atoms with Crippen molar-refractivity contribution in [1.29, 1.82) is 0 Å². The molecule has 0 radical (unpaired) electrons. The molecule has 0 spiro atoms. The number of nitrogens with one attached hydrogen (secondary N) is 2. The third-order valence-corrected chi connectivity index (χ3v) is 4.38. The van der Waals surface area contributed by atoms with Crippen LogP contribution in [0.25, 0.3) is 11.0 Å². The quantitative estimate of drug-likeness (QED) is 0.607. The van der Waals surface area contributed by atoms with Crippen LogP contribution < -0.4 is 20.6 Å². The molecule has 0 bridgehead atoms. The van der Waals surface area contributed by atoms with Crippen LogP contribution in [0.2, 0.25) is 0 Å². The van der Waals surface area contributed by atoms with Gasteiger partial charge in [0.15, 0.2) is 18.4 Å². The van der Waals surface area contributed by atoms with E-state index in [9.17, 15) is 9.59 Å². The molecule has 27 heavy (non-hydrogen) atoms. The van der Waals surface area contributed by atoms with E-state index in [0.29, 0.717) is 17.9 Å². The lowest BCUT2D eigenvalue weighted by atomic mass is 10.1. The van der Waals surface area contributed by atoms with Crippen LogP contribution in [0.15, 0.2) is 56.3 Å². The van der Waals surface area contributed by atoms with Crippen LogP contribution in [0.4, 0.5) is 0 Å². The smallest absolute Gasteiger partial charge is 0.336 e. The molecule has 3 rings (SSSR count). The fourth-order valence-corrected chi connectivity index (χ4v) is 2.89. The molecule has 0 fully saturated rings. The number of hydrogen-bond acceptors (Lipinski definition) is 5. The van der Waals surface area contributed by atoms with E-state index in [0.717, 1.165) is 21.6 Å². The minimum atomic E-state index is -0.412. The lowest BCUT2D eigenvalue weighted by Gasteiger charge is -2.19. The van der Waals surface area contributed by atoms with Gasteiger partial charge in [-0.1, -0.05) is 0 Å². The van der Waals surface area contributed by atoms with Crippen molar-refractivity contribution in [2.45, 2.75) is 13.0 Å². The highest BCUT2D eigenvalue weighted by Gasteiger charge is 2.21. The van der Waals surface area contributed by atoms with Gasteiger partial charge in [-0.25, -0.2) is 4.79 Å². The van der Waals surface area contributed by atoms with Gasteiger partial charge in [0.1, 0.15) is 11.3 Å². The van der Waals surface area contributed by atoms with E-state index >= 15 is 0 Å². The number of hydrogen-bond donors (Lipinski definition) is 2. The highest BCUT2D eigenvalue weighted by molar-refractivity contribution is 5.81. The van der Waals surface area contributed by atoms with Gasteiger partial charge >= 0.3 is 5.63 Å². The molecule has 7 heteroatoms. The average molecular weight is 371 g/mol. The maximum absolute atomic E-state index is 12.1. The first kappa shape index (κ1) is 18.7. The summed E-state index contributed by atoms with van der Waals surface area (Å²) in [5, 5.41) is 3.69. The highest BCUT2D eigenvalue weighted by atomic mass is 16.5. The summed E-state index contributed by atoms with van der Waals surface area (Å²) in [4.78, 5) is 24.8. The Labute approximate surface area is 156 Å². The molecular weight excluding hydrogens is 348 g/mol. The van der Waals surface area contributed by atoms with Gasteiger partial charge in [-0.15, -0.1) is 0 Å². The number of amides is 1. The molecule has 2 aromatic heterocycles. The van der Waals surface area contributed by atoms with Crippen molar-refractivity contribution in [3.8, 4) is 5.75 Å². The summed E-state index contributed by atoms with van der Waals surface area (Å²) in [5.74, 6) is 1.04. The highest BCUT2D eigenvalue weighted by Crippen LogP contribution is 2.22. The average Bonchev–Trinajstić information content (AvgIpc) is 3.13. The number of ether oxygens (including phenoxy) is 1. The molecule has 142 valence electrons. The summed E-state index contributed by atoms with van der Waals surface area (Å²) in [7, 11) is 4.00. The fraction of sp³-hybridized carbons (Fsp3) is 0.300. The number of aryl methyl sites for hydroxylation is 1. The lowest BCUT2D eigenvalue weighted by Crippen LogP contribution is -3.07. The molecule has 0 aliphatic carbocycles. The number of rotatable bonds is 7. The molecule has 0 unspecified atom stereocenters. The van der Waals surface area contributed by atoms with Crippen molar-refractivity contribution < 1.29 is 23.3 Å². The van der Waals surface area contributed by atoms with E-state index < -0.39 is 5.63 Å². The zero-order valence-corrected chi connectivity index (χ0v) is 15.6. The first-order chi connectivity index (χ1) is 12.9. The molecule has 3 aromatic rings. The van der Waals surface area contributed by atoms with E-state index in [-0.39, 0.29) is 18.6 Å². The van der Waals surface area contributed by atoms with Gasteiger partial charge in [-0.2, -0.15) is 0 Å². The maximum atomic E-state index is 12.1. The lowest BCUT2D eigenvalue weighted by molar-refractivity contribution is -0.891.